The number of benzene rings is 1. The number of nitrogens with zero attached hydrogens (tertiary/aromatic N) is 1. The number of thioether (sulfide) groups is 1. The molecule has 0 aromatic heterocycles. The molecule has 100 valence electrons. The minimum absolute atomic E-state index is 0.00100. The number of aliphatic carboxylic acids is 1. The third kappa shape index (κ3) is 3.72. The largest absolute Gasteiger partial charge is 0.481 e. The van der Waals surface area contributed by atoms with Gasteiger partial charge in [-0.25, -0.2) is 12.7 Å². The smallest absolute Gasteiger partial charge is 0.304 e. The molecule has 1 N–H and O–H groups in total. The molecule has 7 heteroatoms. The van der Waals surface area contributed by atoms with E-state index in [1.54, 1.807) is 18.2 Å². The second kappa shape index (κ2) is 6.21. The highest BCUT2D eigenvalue weighted by Gasteiger charge is 2.20. The number of hydrogen-bond donors (Lipinski definition) is 1. The van der Waals surface area contributed by atoms with Gasteiger partial charge in [-0.15, -0.1) is 11.8 Å². The fraction of sp³-hybridized carbons (Fsp3) is 0.364. The zero-order valence-corrected chi connectivity index (χ0v) is 11.8. The van der Waals surface area contributed by atoms with Crippen LogP contribution in [0, 0.1) is 0 Å². The van der Waals surface area contributed by atoms with E-state index in [4.69, 9.17) is 5.11 Å². The van der Waals surface area contributed by atoms with E-state index in [0.717, 1.165) is 4.31 Å². The molecule has 0 saturated carbocycles. The van der Waals surface area contributed by atoms with Gasteiger partial charge in [-0.3, -0.25) is 4.79 Å². The van der Waals surface area contributed by atoms with Crippen molar-refractivity contribution in [1.82, 2.24) is 4.31 Å². The van der Waals surface area contributed by atoms with E-state index in [0.29, 0.717) is 10.6 Å². The maximum Gasteiger partial charge on any atom is 0.304 e. The quantitative estimate of drug-likeness (QED) is 0.803. The summed E-state index contributed by atoms with van der Waals surface area (Å²) in [5.74, 6) is -0.551. The average Bonchev–Trinajstić information content (AvgIpc) is 2.28. The lowest BCUT2D eigenvalue weighted by atomic mass is 10.4. The molecule has 0 fully saturated rings. The van der Waals surface area contributed by atoms with Gasteiger partial charge in [-0.2, -0.15) is 0 Å². The summed E-state index contributed by atoms with van der Waals surface area (Å²) >= 11 is 1.23. The third-order valence-electron chi connectivity index (χ3n) is 2.18. The summed E-state index contributed by atoms with van der Waals surface area (Å²) in [4.78, 5) is 11.2. The van der Waals surface area contributed by atoms with Crippen LogP contribution in [0.25, 0.3) is 0 Å². The van der Waals surface area contributed by atoms with Crippen molar-refractivity contribution >= 4 is 27.8 Å². The number of rotatable bonds is 6. The van der Waals surface area contributed by atoms with Gasteiger partial charge in [0, 0.05) is 24.7 Å². The summed E-state index contributed by atoms with van der Waals surface area (Å²) in [6.45, 7) is 0. The Labute approximate surface area is 111 Å². The van der Waals surface area contributed by atoms with Crippen LogP contribution in [0.3, 0.4) is 0 Å². The maximum atomic E-state index is 12.0. The highest BCUT2D eigenvalue weighted by atomic mass is 32.2. The SMILES string of the molecule is CN(C)S(=O)(=O)c1ccccc1SCCC(=O)O. The Kier molecular flexibility index (Phi) is 5.18. The zero-order chi connectivity index (χ0) is 13.8. The third-order valence-corrected chi connectivity index (χ3v) is 5.26. The van der Waals surface area contributed by atoms with Gasteiger partial charge in [0.05, 0.1) is 11.3 Å². The van der Waals surface area contributed by atoms with Gasteiger partial charge in [0.15, 0.2) is 0 Å². The van der Waals surface area contributed by atoms with Crippen LogP contribution in [0.4, 0.5) is 0 Å². The Balaban J connectivity index is 2.97. The van der Waals surface area contributed by atoms with Gasteiger partial charge in [0.1, 0.15) is 0 Å². The molecule has 0 heterocycles. The number of carboxylic acids is 1. The minimum Gasteiger partial charge on any atom is -0.481 e. The standard InChI is InChI=1S/C11H15NO4S2/c1-12(2)18(15,16)10-6-4-3-5-9(10)17-8-7-11(13)14/h3-6H,7-8H2,1-2H3,(H,13,14). The lowest BCUT2D eigenvalue weighted by Gasteiger charge is -2.14. The van der Waals surface area contributed by atoms with Crippen molar-refractivity contribution in [2.45, 2.75) is 16.2 Å². The van der Waals surface area contributed by atoms with Gasteiger partial charge < -0.3 is 5.11 Å². The first-order valence-electron chi connectivity index (χ1n) is 5.22. The number of sulfonamides is 1. The lowest BCUT2D eigenvalue weighted by Crippen LogP contribution is -2.22. The second-order valence-electron chi connectivity index (χ2n) is 3.73. The molecule has 1 rings (SSSR count). The van der Waals surface area contributed by atoms with E-state index in [9.17, 15) is 13.2 Å². The first-order chi connectivity index (χ1) is 8.35. The van der Waals surface area contributed by atoms with E-state index in [1.165, 1.54) is 31.9 Å². The second-order valence-corrected chi connectivity index (χ2v) is 6.98. The van der Waals surface area contributed by atoms with Crippen molar-refractivity contribution in [2.24, 2.45) is 0 Å². The molecule has 0 aliphatic rings. The van der Waals surface area contributed by atoms with Crippen LogP contribution in [0.1, 0.15) is 6.42 Å². The summed E-state index contributed by atoms with van der Waals surface area (Å²) < 4.78 is 25.2. The normalized spacial score (nSPS) is 11.7. The fourth-order valence-electron chi connectivity index (χ4n) is 1.23. The predicted molar refractivity (Wildman–Crippen MR) is 70.3 cm³/mol. The van der Waals surface area contributed by atoms with Crippen LogP contribution < -0.4 is 0 Å². The predicted octanol–water partition coefficient (Wildman–Crippen LogP) is 1.50. The van der Waals surface area contributed by atoms with Crippen LogP contribution in [-0.2, 0) is 14.8 Å². The van der Waals surface area contributed by atoms with Gasteiger partial charge in [-0.1, -0.05) is 12.1 Å². The summed E-state index contributed by atoms with van der Waals surface area (Å²) in [5.41, 5.74) is 0. The lowest BCUT2D eigenvalue weighted by molar-refractivity contribution is -0.136. The Morgan fingerprint density at radius 3 is 2.50 bits per heavy atom. The number of carbonyl (C=O) groups is 1. The maximum absolute atomic E-state index is 12.0. The molecule has 1 aromatic carbocycles. The number of carboxylic acid groups (broad SMARTS) is 1. The topological polar surface area (TPSA) is 74.7 Å². The van der Waals surface area contributed by atoms with Crippen LogP contribution >= 0.6 is 11.8 Å². The van der Waals surface area contributed by atoms with Crippen LogP contribution in [0.2, 0.25) is 0 Å². The molecular weight excluding hydrogens is 274 g/mol. The van der Waals surface area contributed by atoms with Crippen molar-refractivity contribution in [3.8, 4) is 0 Å². The first-order valence-corrected chi connectivity index (χ1v) is 7.64. The molecule has 0 unspecified atom stereocenters. The molecule has 0 aliphatic heterocycles. The first kappa shape index (κ1) is 15.0. The van der Waals surface area contributed by atoms with Gasteiger partial charge >= 0.3 is 5.97 Å². The molecular formula is C11H15NO4S2. The van der Waals surface area contributed by atoms with E-state index in [-0.39, 0.29) is 11.3 Å². The van der Waals surface area contributed by atoms with Crippen molar-refractivity contribution in [3.05, 3.63) is 24.3 Å². The molecule has 0 bridgehead atoms. The summed E-state index contributed by atoms with van der Waals surface area (Å²) in [7, 11) is -0.561. The van der Waals surface area contributed by atoms with E-state index < -0.39 is 16.0 Å². The summed E-state index contributed by atoms with van der Waals surface area (Å²) in [6, 6.07) is 6.59. The molecule has 0 amide bonds. The van der Waals surface area contributed by atoms with E-state index >= 15 is 0 Å². The molecule has 0 aliphatic carbocycles. The molecule has 0 radical (unpaired) electrons. The highest BCUT2D eigenvalue weighted by molar-refractivity contribution is 8.00. The van der Waals surface area contributed by atoms with Gasteiger partial charge in [-0.05, 0) is 12.1 Å². The zero-order valence-electron chi connectivity index (χ0n) is 10.2. The van der Waals surface area contributed by atoms with Crippen molar-refractivity contribution in [1.29, 1.82) is 0 Å². The van der Waals surface area contributed by atoms with Crippen molar-refractivity contribution in [3.63, 3.8) is 0 Å². The Morgan fingerprint density at radius 1 is 1.33 bits per heavy atom. The molecule has 1 aromatic rings. The van der Waals surface area contributed by atoms with Gasteiger partial charge in [0.2, 0.25) is 10.0 Å². The van der Waals surface area contributed by atoms with E-state index in [1.807, 2.05) is 0 Å². The molecule has 0 spiro atoms. The van der Waals surface area contributed by atoms with E-state index in [2.05, 4.69) is 0 Å². The monoisotopic (exact) mass is 289 g/mol. The van der Waals surface area contributed by atoms with Crippen molar-refractivity contribution in [2.75, 3.05) is 19.8 Å². The van der Waals surface area contributed by atoms with Crippen LogP contribution in [0.15, 0.2) is 34.1 Å². The molecule has 0 atom stereocenters. The van der Waals surface area contributed by atoms with Crippen LogP contribution in [0.5, 0.6) is 0 Å². The Morgan fingerprint density at radius 2 is 1.94 bits per heavy atom. The Bertz CT molecular complexity index is 526. The summed E-state index contributed by atoms with van der Waals surface area (Å²) in [5, 5.41) is 8.57. The molecule has 5 nitrogen and oxygen atoms in total. The summed E-state index contributed by atoms with van der Waals surface area (Å²) in [6.07, 6.45) is 0.00100. The van der Waals surface area contributed by atoms with Crippen molar-refractivity contribution < 1.29 is 18.3 Å². The fourth-order valence-corrected chi connectivity index (χ4v) is 3.57. The number of hydrogen-bond acceptors (Lipinski definition) is 4. The van der Waals surface area contributed by atoms with Crippen LogP contribution in [-0.4, -0.2) is 43.6 Å². The minimum atomic E-state index is -3.49. The highest BCUT2D eigenvalue weighted by Crippen LogP contribution is 2.28. The molecule has 18 heavy (non-hydrogen) atoms. The van der Waals surface area contributed by atoms with Gasteiger partial charge in [0.25, 0.3) is 0 Å². The Hall–Kier alpha value is -1.05. The molecule has 0 saturated heterocycles. The average molecular weight is 289 g/mol.